The third kappa shape index (κ3) is 4.14. The van der Waals surface area contributed by atoms with E-state index in [0.717, 1.165) is 36.8 Å². The number of aryl methyl sites for hydroxylation is 1. The van der Waals surface area contributed by atoms with Gasteiger partial charge in [0.15, 0.2) is 11.6 Å². The Morgan fingerprint density at radius 2 is 2.21 bits per heavy atom. The number of nitrogens with one attached hydrogen (secondary N) is 2. The van der Waals surface area contributed by atoms with E-state index in [-0.39, 0.29) is 5.91 Å². The Bertz CT molecular complexity index is 1020. The minimum Gasteiger partial charge on any atom is -0.493 e. The van der Waals surface area contributed by atoms with E-state index < -0.39 is 0 Å². The van der Waals surface area contributed by atoms with Crippen molar-refractivity contribution >= 4 is 23.2 Å². The molecule has 0 bridgehead atoms. The summed E-state index contributed by atoms with van der Waals surface area (Å²) in [5, 5.41) is 14.7. The zero-order chi connectivity index (χ0) is 20.4. The highest BCUT2D eigenvalue weighted by Gasteiger charge is 2.19. The molecule has 1 amide bonds. The van der Waals surface area contributed by atoms with Gasteiger partial charge in [-0.25, -0.2) is 4.98 Å². The normalized spacial score (nSPS) is 16.8. The zero-order valence-corrected chi connectivity index (χ0v) is 16.8. The van der Waals surface area contributed by atoms with Gasteiger partial charge in [-0.05, 0) is 32.9 Å². The van der Waals surface area contributed by atoms with Crippen molar-refractivity contribution in [2.75, 3.05) is 36.5 Å². The van der Waals surface area contributed by atoms with Crippen molar-refractivity contribution in [3.8, 4) is 5.75 Å². The first-order valence-corrected chi connectivity index (χ1v) is 9.79. The molecule has 3 aromatic heterocycles. The number of imidazole rings is 1. The summed E-state index contributed by atoms with van der Waals surface area (Å²) in [6.45, 7) is 9.05. The highest BCUT2D eigenvalue weighted by Crippen LogP contribution is 2.23. The van der Waals surface area contributed by atoms with E-state index >= 15 is 0 Å². The van der Waals surface area contributed by atoms with Crippen molar-refractivity contribution in [3.63, 3.8) is 0 Å². The topological polar surface area (TPSA) is 96.7 Å². The molecule has 3 aromatic rings. The molecule has 1 fully saturated rings. The van der Waals surface area contributed by atoms with Crippen LogP contribution in [0.4, 0.5) is 11.6 Å². The Kier molecular flexibility index (Phi) is 5.30. The van der Waals surface area contributed by atoms with Crippen LogP contribution >= 0.6 is 0 Å². The lowest BCUT2D eigenvalue weighted by molar-refractivity contribution is 0.102. The van der Waals surface area contributed by atoms with Gasteiger partial charge >= 0.3 is 0 Å². The fraction of sp³-hybridized carbons (Fsp3) is 0.400. The van der Waals surface area contributed by atoms with Gasteiger partial charge in [-0.3, -0.25) is 4.79 Å². The molecule has 1 saturated heterocycles. The summed E-state index contributed by atoms with van der Waals surface area (Å²) in [7, 11) is 0. The van der Waals surface area contributed by atoms with E-state index in [2.05, 4.69) is 37.6 Å². The van der Waals surface area contributed by atoms with Crippen LogP contribution in [0.2, 0.25) is 0 Å². The average Bonchev–Trinajstić information content (AvgIpc) is 3.07. The lowest BCUT2D eigenvalue weighted by Crippen LogP contribution is -2.49. The van der Waals surface area contributed by atoms with Crippen LogP contribution in [0.5, 0.6) is 5.75 Å². The van der Waals surface area contributed by atoms with Gasteiger partial charge in [0, 0.05) is 44.1 Å². The molecule has 0 spiro atoms. The summed E-state index contributed by atoms with van der Waals surface area (Å²) in [6, 6.07) is 5.83. The lowest BCUT2D eigenvalue weighted by atomic mass is 10.2. The van der Waals surface area contributed by atoms with Gasteiger partial charge in [-0.15, -0.1) is 10.2 Å². The van der Waals surface area contributed by atoms with Gasteiger partial charge in [-0.2, -0.15) is 0 Å². The van der Waals surface area contributed by atoms with Crippen LogP contribution in [0, 0.1) is 6.92 Å². The molecule has 9 heteroatoms. The predicted octanol–water partition coefficient (Wildman–Crippen LogP) is 1.88. The van der Waals surface area contributed by atoms with E-state index in [1.807, 2.05) is 30.5 Å². The van der Waals surface area contributed by atoms with Crippen LogP contribution in [-0.4, -0.2) is 57.8 Å². The molecule has 0 unspecified atom stereocenters. The van der Waals surface area contributed by atoms with Crippen LogP contribution < -0.4 is 20.3 Å². The molecule has 4 rings (SSSR count). The first-order valence-electron chi connectivity index (χ1n) is 9.79. The largest absolute Gasteiger partial charge is 0.493 e. The molecule has 1 aliphatic heterocycles. The number of ether oxygens (including phenoxy) is 1. The van der Waals surface area contributed by atoms with Crippen molar-refractivity contribution < 1.29 is 9.53 Å². The predicted molar refractivity (Wildman–Crippen MR) is 111 cm³/mol. The van der Waals surface area contributed by atoms with Crippen molar-refractivity contribution in [3.05, 3.63) is 41.9 Å². The SMILES string of the molecule is CCOc1cc2nc(C)cn2cc1C(=O)Nc1ccc(N2CCN[C@@H](C)C2)nn1. The number of aromatic nitrogens is 4. The van der Waals surface area contributed by atoms with Crippen LogP contribution in [0.3, 0.4) is 0 Å². The van der Waals surface area contributed by atoms with Crippen molar-refractivity contribution in [1.29, 1.82) is 0 Å². The molecule has 2 N–H and O–H groups in total. The maximum absolute atomic E-state index is 12.9. The zero-order valence-electron chi connectivity index (χ0n) is 16.8. The summed E-state index contributed by atoms with van der Waals surface area (Å²) >= 11 is 0. The maximum atomic E-state index is 12.9. The van der Waals surface area contributed by atoms with Crippen LogP contribution in [0.25, 0.3) is 5.65 Å². The van der Waals surface area contributed by atoms with Gasteiger partial charge in [0.2, 0.25) is 0 Å². The van der Waals surface area contributed by atoms with Crippen molar-refractivity contribution in [1.82, 2.24) is 24.9 Å². The molecular formula is C20H25N7O2. The van der Waals surface area contributed by atoms with Crippen LogP contribution in [0.1, 0.15) is 29.9 Å². The fourth-order valence-electron chi connectivity index (χ4n) is 3.47. The number of pyridine rings is 1. The first-order chi connectivity index (χ1) is 14.0. The van der Waals surface area contributed by atoms with Crippen LogP contribution in [0.15, 0.2) is 30.6 Å². The van der Waals surface area contributed by atoms with Crippen molar-refractivity contribution in [2.24, 2.45) is 0 Å². The molecule has 4 heterocycles. The Morgan fingerprint density at radius 1 is 1.34 bits per heavy atom. The summed E-state index contributed by atoms with van der Waals surface area (Å²) < 4.78 is 7.47. The lowest BCUT2D eigenvalue weighted by Gasteiger charge is -2.32. The molecule has 1 atom stereocenters. The number of anilines is 2. The smallest absolute Gasteiger partial charge is 0.262 e. The Morgan fingerprint density at radius 3 is 2.93 bits per heavy atom. The van der Waals surface area contributed by atoms with Crippen molar-refractivity contribution in [2.45, 2.75) is 26.8 Å². The molecule has 1 aliphatic rings. The fourth-order valence-corrected chi connectivity index (χ4v) is 3.47. The number of carbonyl (C=O) groups is 1. The second-order valence-electron chi connectivity index (χ2n) is 7.16. The second kappa shape index (κ2) is 8.04. The Balaban J connectivity index is 1.53. The van der Waals surface area contributed by atoms with E-state index in [4.69, 9.17) is 4.74 Å². The average molecular weight is 395 g/mol. The standard InChI is InChI=1S/C20H25N7O2/c1-4-29-16-9-19-22-14(3)11-27(19)12-15(16)20(28)23-17-5-6-18(25-24-17)26-8-7-21-13(2)10-26/h5-6,9,11-13,21H,4,7-8,10H2,1-3H3,(H,23,24,28)/t13-/m0/s1. The minimum absolute atomic E-state index is 0.306. The highest BCUT2D eigenvalue weighted by atomic mass is 16.5. The van der Waals surface area contributed by atoms with E-state index in [1.165, 1.54) is 0 Å². The summed E-state index contributed by atoms with van der Waals surface area (Å²) in [5.41, 5.74) is 2.02. The summed E-state index contributed by atoms with van der Waals surface area (Å²) in [5.74, 6) is 1.38. The number of carbonyl (C=O) groups excluding carboxylic acids is 1. The minimum atomic E-state index is -0.306. The van der Waals surface area contributed by atoms with Gasteiger partial charge in [-0.1, -0.05) is 0 Å². The molecule has 0 radical (unpaired) electrons. The number of hydrogen-bond donors (Lipinski definition) is 2. The number of nitrogens with zero attached hydrogens (tertiary/aromatic N) is 5. The molecule has 152 valence electrons. The third-order valence-electron chi connectivity index (χ3n) is 4.80. The third-order valence-corrected chi connectivity index (χ3v) is 4.80. The Hall–Kier alpha value is -3.20. The molecule has 29 heavy (non-hydrogen) atoms. The molecule has 9 nitrogen and oxygen atoms in total. The number of hydrogen-bond acceptors (Lipinski definition) is 7. The number of piperazine rings is 1. The van der Waals surface area contributed by atoms with Gasteiger partial charge in [0.1, 0.15) is 11.4 Å². The highest BCUT2D eigenvalue weighted by molar-refractivity contribution is 6.05. The number of rotatable bonds is 5. The molecule has 0 saturated carbocycles. The van der Waals surface area contributed by atoms with Gasteiger partial charge < -0.3 is 24.7 Å². The van der Waals surface area contributed by atoms with Gasteiger partial charge in [0.05, 0.1) is 17.9 Å². The maximum Gasteiger partial charge on any atom is 0.262 e. The van der Waals surface area contributed by atoms with Gasteiger partial charge in [0.25, 0.3) is 5.91 Å². The van der Waals surface area contributed by atoms with E-state index in [1.54, 1.807) is 18.3 Å². The first kappa shape index (κ1) is 19.1. The molecule has 0 aliphatic carbocycles. The van der Waals surface area contributed by atoms with E-state index in [0.29, 0.717) is 29.8 Å². The monoisotopic (exact) mass is 395 g/mol. The molecular weight excluding hydrogens is 370 g/mol. The Labute approximate surface area is 169 Å². The summed E-state index contributed by atoms with van der Waals surface area (Å²) in [6.07, 6.45) is 3.59. The number of amides is 1. The second-order valence-corrected chi connectivity index (χ2v) is 7.16. The van der Waals surface area contributed by atoms with E-state index in [9.17, 15) is 4.79 Å². The summed E-state index contributed by atoms with van der Waals surface area (Å²) in [4.78, 5) is 19.5. The molecule has 0 aromatic carbocycles. The number of fused-ring (bicyclic) bond motifs is 1. The van der Waals surface area contributed by atoms with Crippen LogP contribution in [-0.2, 0) is 0 Å². The quantitative estimate of drug-likeness (QED) is 0.681.